The van der Waals surface area contributed by atoms with E-state index in [0.29, 0.717) is 18.6 Å². The molecule has 0 aromatic heterocycles. The fourth-order valence-electron chi connectivity index (χ4n) is 3.66. The van der Waals surface area contributed by atoms with Gasteiger partial charge in [0.1, 0.15) is 11.9 Å². The van der Waals surface area contributed by atoms with E-state index in [-0.39, 0.29) is 18.0 Å². The van der Waals surface area contributed by atoms with Crippen LogP contribution in [0.3, 0.4) is 0 Å². The number of carbonyl (C=O) groups excluding carboxylic acids is 2. The van der Waals surface area contributed by atoms with E-state index in [1.165, 1.54) is 32.1 Å². The lowest BCUT2D eigenvalue weighted by atomic mass is 9.82. The minimum absolute atomic E-state index is 0.000304. The van der Waals surface area contributed by atoms with E-state index in [4.69, 9.17) is 4.74 Å². The van der Waals surface area contributed by atoms with Crippen molar-refractivity contribution in [3.8, 4) is 0 Å². The zero-order valence-corrected chi connectivity index (χ0v) is 13.3. The maximum Gasteiger partial charge on any atom is 0.306 e. The molecule has 2 atom stereocenters. The number of ketones is 1. The number of hydrogen-bond donors (Lipinski definition) is 0. The topological polar surface area (TPSA) is 43.4 Å². The summed E-state index contributed by atoms with van der Waals surface area (Å²) in [5.41, 5.74) is 0. The lowest BCUT2D eigenvalue weighted by molar-refractivity contribution is -0.154. The fraction of sp³-hybridized carbons (Fsp3) is 0.889. The molecule has 1 heterocycles. The molecule has 3 nitrogen and oxygen atoms in total. The number of ether oxygens (including phenoxy) is 1. The Morgan fingerprint density at radius 1 is 0.714 bits per heavy atom. The monoisotopic (exact) mass is 294 g/mol. The molecule has 1 aliphatic carbocycles. The molecule has 0 aromatic rings. The van der Waals surface area contributed by atoms with Crippen molar-refractivity contribution in [2.45, 2.75) is 96.0 Å². The van der Waals surface area contributed by atoms with Gasteiger partial charge in [-0.1, -0.05) is 38.5 Å². The van der Waals surface area contributed by atoms with Gasteiger partial charge in [-0.2, -0.15) is 0 Å². The van der Waals surface area contributed by atoms with Gasteiger partial charge in [0.2, 0.25) is 0 Å². The third-order valence-corrected chi connectivity index (χ3v) is 4.95. The highest BCUT2D eigenvalue weighted by molar-refractivity contribution is 5.78. The summed E-state index contributed by atoms with van der Waals surface area (Å²) in [5, 5.41) is 0. The van der Waals surface area contributed by atoms with Gasteiger partial charge in [-0.15, -0.1) is 0 Å². The molecule has 0 bridgehead atoms. The van der Waals surface area contributed by atoms with Gasteiger partial charge in [0, 0.05) is 25.2 Å². The lowest BCUT2D eigenvalue weighted by Gasteiger charge is -2.30. The van der Waals surface area contributed by atoms with E-state index in [9.17, 15) is 9.59 Å². The van der Waals surface area contributed by atoms with Crippen LogP contribution in [0.15, 0.2) is 0 Å². The molecule has 120 valence electrons. The highest BCUT2D eigenvalue weighted by Crippen LogP contribution is 2.30. The number of carbonyl (C=O) groups is 2. The number of hydrogen-bond acceptors (Lipinski definition) is 3. The molecule has 0 spiro atoms. The summed E-state index contributed by atoms with van der Waals surface area (Å²) in [7, 11) is 0. The average molecular weight is 294 g/mol. The lowest BCUT2D eigenvalue weighted by Crippen LogP contribution is -2.31. The van der Waals surface area contributed by atoms with Crippen LogP contribution in [0, 0.1) is 5.92 Å². The molecule has 21 heavy (non-hydrogen) atoms. The van der Waals surface area contributed by atoms with Crippen molar-refractivity contribution in [1.82, 2.24) is 0 Å². The smallest absolute Gasteiger partial charge is 0.306 e. The van der Waals surface area contributed by atoms with Crippen molar-refractivity contribution < 1.29 is 14.3 Å². The van der Waals surface area contributed by atoms with Crippen molar-refractivity contribution in [1.29, 1.82) is 0 Å². The van der Waals surface area contributed by atoms with Crippen molar-refractivity contribution in [3.05, 3.63) is 0 Å². The first kappa shape index (κ1) is 16.5. The Labute approximate surface area is 128 Å². The van der Waals surface area contributed by atoms with Crippen LogP contribution in [0.4, 0.5) is 0 Å². The number of esters is 1. The number of fused-ring (bicyclic) bond motifs is 1. The minimum atomic E-state index is -0.0470. The van der Waals surface area contributed by atoms with Crippen LogP contribution in [0.5, 0.6) is 0 Å². The predicted octanol–water partition coefficient (Wildman–Crippen LogP) is 4.57. The Morgan fingerprint density at radius 2 is 1.33 bits per heavy atom. The van der Waals surface area contributed by atoms with E-state index in [2.05, 4.69) is 0 Å². The SMILES string of the molecule is O=C1CCCCCCCCCC(=O)O[C@H]2CCCC[C@H]2C1. The van der Waals surface area contributed by atoms with E-state index >= 15 is 0 Å². The van der Waals surface area contributed by atoms with E-state index < -0.39 is 0 Å². The van der Waals surface area contributed by atoms with Crippen LogP contribution in [-0.4, -0.2) is 17.9 Å². The summed E-state index contributed by atoms with van der Waals surface area (Å²) in [6.07, 6.45) is 14.1. The van der Waals surface area contributed by atoms with Gasteiger partial charge >= 0.3 is 5.97 Å². The van der Waals surface area contributed by atoms with Crippen molar-refractivity contribution in [3.63, 3.8) is 0 Å². The second kappa shape index (κ2) is 9.22. The Kier molecular flexibility index (Phi) is 7.25. The van der Waals surface area contributed by atoms with Crippen molar-refractivity contribution >= 4 is 11.8 Å². The van der Waals surface area contributed by atoms with Crippen LogP contribution in [-0.2, 0) is 14.3 Å². The van der Waals surface area contributed by atoms with E-state index in [1.807, 2.05) is 0 Å². The van der Waals surface area contributed by atoms with E-state index in [1.54, 1.807) is 0 Å². The first-order valence-electron chi connectivity index (χ1n) is 8.97. The molecule has 3 heteroatoms. The second-order valence-electron chi connectivity index (χ2n) is 6.79. The summed E-state index contributed by atoms with van der Waals surface area (Å²) in [5.74, 6) is 0.604. The number of Topliss-reactive ketones (excluding diaryl/α,β-unsaturated/α-hetero) is 1. The largest absolute Gasteiger partial charge is 0.462 e. The number of rotatable bonds is 0. The van der Waals surface area contributed by atoms with Crippen molar-refractivity contribution in [2.75, 3.05) is 0 Å². The third kappa shape index (κ3) is 6.19. The van der Waals surface area contributed by atoms with E-state index in [0.717, 1.165) is 44.9 Å². The molecular weight excluding hydrogens is 264 g/mol. The molecule has 1 saturated heterocycles. The summed E-state index contributed by atoms with van der Waals surface area (Å²) < 4.78 is 5.69. The van der Waals surface area contributed by atoms with Crippen LogP contribution in [0.2, 0.25) is 0 Å². The fourth-order valence-corrected chi connectivity index (χ4v) is 3.66. The zero-order valence-electron chi connectivity index (χ0n) is 13.3. The zero-order chi connectivity index (χ0) is 14.9. The van der Waals surface area contributed by atoms with Gasteiger partial charge < -0.3 is 4.74 Å². The van der Waals surface area contributed by atoms with Crippen LogP contribution in [0.1, 0.15) is 89.9 Å². The highest BCUT2D eigenvalue weighted by Gasteiger charge is 2.29. The van der Waals surface area contributed by atoms with Crippen LogP contribution in [0.25, 0.3) is 0 Å². The molecule has 0 amide bonds. The highest BCUT2D eigenvalue weighted by atomic mass is 16.5. The Morgan fingerprint density at radius 3 is 2.10 bits per heavy atom. The van der Waals surface area contributed by atoms with Gasteiger partial charge in [-0.3, -0.25) is 9.59 Å². The summed E-state index contributed by atoms with van der Waals surface area (Å²) in [6, 6.07) is 0. The molecule has 1 aliphatic heterocycles. The van der Waals surface area contributed by atoms with Gasteiger partial charge in [0.05, 0.1) is 0 Å². The molecule has 2 aliphatic rings. The molecular formula is C18H30O3. The molecule has 1 saturated carbocycles. The normalized spacial score (nSPS) is 30.7. The summed E-state index contributed by atoms with van der Waals surface area (Å²) >= 11 is 0. The van der Waals surface area contributed by atoms with Crippen molar-refractivity contribution in [2.24, 2.45) is 5.92 Å². The molecule has 2 rings (SSSR count). The Hall–Kier alpha value is -0.860. The standard InChI is InChI=1S/C18H30O3/c19-16-11-6-4-2-1-3-5-7-13-18(20)21-17-12-9-8-10-15(17)14-16/h15,17H,1-14H2/t15-,17-/m0/s1. The van der Waals surface area contributed by atoms with Gasteiger partial charge in [0.25, 0.3) is 0 Å². The molecule has 0 N–H and O–H groups in total. The summed E-state index contributed by atoms with van der Waals surface area (Å²) in [6.45, 7) is 0. The summed E-state index contributed by atoms with van der Waals surface area (Å²) in [4.78, 5) is 24.1. The molecule has 0 aromatic carbocycles. The Bertz CT molecular complexity index is 305. The first-order chi connectivity index (χ1) is 10.3. The quantitative estimate of drug-likeness (QED) is 0.614. The molecule has 2 fully saturated rings. The van der Waals surface area contributed by atoms with Gasteiger partial charge in [-0.25, -0.2) is 0 Å². The van der Waals surface area contributed by atoms with Gasteiger partial charge in [0.15, 0.2) is 0 Å². The minimum Gasteiger partial charge on any atom is -0.462 e. The predicted molar refractivity (Wildman–Crippen MR) is 83.0 cm³/mol. The Balaban J connectivity index is 1.91. The first-order valence-corrected chi connectivity index (χ1v) is 8.97. The van der Waals surface area contributed by atoms with Crippen LogP contribution >= 0.6 is 0 Å². The van der Waals surface area contributed by atoms with Gasteiger partial charge in [-0.05, 0) is 32.1 Å². The maximum absolute atomic E-state index is 12.1. The van der Waals surface area contributed by atoms with Crippen LogP contribution < -0.4 is 0 Å². The average Bonchev–Trinajstić information content (AvgIpc) is 2.47. The molecule has 0 radical (unpaired) electrons. The third-order valence-electron chi connectivity index (χ3n) is 4.95. The second-order valence-corrected chi connectivity index (χ2v) is 6.79. The molecule has 0 unspecified atom stereocenters. The maximum atomic E-state index is 12.1.